The maximum absolute atomic E-state index is 12.1. The third kappa shape index (κ3) is 2.72. The van der Waals surface area contributed by atoms with Crippen LogP contribution in [0.15, 0.2) is 30.3 Å². The molecule has 0 bridgehead atoms. The van der Waals surface area contributed by atoms with Gasteiger partial charge in [-0.3, -0.25) is 4.79 Å². The van der Waals surface area contributed by atoms with Gasteiger partial charge in [-0.05, 0) is 18.4 Å². The van der Waals surface area contributed by atoms with E-state index in [0.717, 1.165) is 18.4 Å². The summed E-state index contributed by atoms with van der Waals surface area (Å²) in [4.78, 5) is 12.1. The number of rotatable bonds is 6. The molecule has 98 valence electrons. The van der Waals surface area contributed by atoms with Crippen LogP contribution in [0.1, 0.15) is 32.3 Å². The van der Waals surface area contributed by atoms with Crippen molar-refractivity contribution in [2.75, 3.05) is 6.61 Å². The van der Waals surface area contributed by atoms with Gasteiger partial charge in [0, 0.05) is 0 Å². The van der Waals surface area contributed by atoms with Crippen molar-refractivity contribution in [3.63, 3.8) is 0 Å². The number of esters is 1. The minimum atomic E-state index is -0.247. The van der Waals surface area contributed by atoms with Crippen LogP contribution in [-0.4, -0.2) is 18.2 Å². The molecular formula is C15H20O3. The molecule has 0 aromatic heterocycles. The summed E-state index contributed by atoms with van der Waals surface area (Å²) in [6, 6.07) is 9.75. The van der Waals surface area contributed by atoms with Crippen LogP contribution in [0.4, 0.5) is 0 Å². The third-order valence-electron chi connectivity index (χ3n) is 3.67. The monoisotopic (exact) mass is 248 g/mol. The molecule has 1 aromatic carbocycles. The van der Waals surface area contributed by atoms with E-state index in [4.69, 9.17) is 9.47 Å². The van der Waals surface area contributed by atoms with Gasteiger partial charge < -0.3 is 9.47 Å². The lowest BCUT2D eigenvalue weighted by molar-refractivity contribution is -0.152. The molecule has 18 heavy (non-hydrogen) atoms. The highest BCUT2D eigenvalue weighted by molar-refractivity contribution is 5.74. The molecular weight excluding hydrogens is 228 g/mol. The van der Waals surface area contributed by atoms with E-state index in [9.17, 15) is 4.79 Å². The summed E-state index contributed by atoms with van der Waals surface area (Å²) >= 11 is 0. The zero-order valence-electron chi connectivity index (χ0n) is 11.0. The van der Waals surface area contributed by atoms with E-state index in [2.05, 4.69) is 6.92 Å². The van der Waals surface area contributed by atoms with E-state index in [1.165, 1.54) is 0 Å². The predicted molar refractivity (Wildman–Crippen MR) is 69.0 cm³/mol. The average Bonchev–Trinajstić information content (AvgIpc) is 3.19. The Balaban J connectivity index is 1.91. The lowest BCUT2D eigenvalue weighted by Gasteiger charge is -2.20. The number of epoxide rings is 1. The van der Waals surface area contributed by atoms with Crippen molar-refractivity contribution in [3.8, 4) is 0 Å². The lowest BCUT2D eigenvalue weighted by atomic mass is 9.88. The van der Waals surface area contributed by atoms with Crippen molar-refractivity contribution >= 4 is 5.97 Å². The summed E-state index contributed by atoms with van der Waals surface area (Å²) in [5, 5.41) is 0. The smallest absolute Gasteiger partial charge is 0.312 e. The molecule has 1 aliphatic heterocycles. The Kier molecular flexibility index (Phi) is 4.02. The van der Waals surface area contributed by atoms with Gasteiger partial charge in [-0.25, -0.2) is 0 Å². The first-order valence-corrected chi connectivity index (χ1v) is 6.56. The van der Waals surface area contributed by atoms with Gasteiger partial charge >= 0.3 is 5.97 Å². The third-order valence-corrected chi connectivity index (χ3v) is 3.67. The van der Waals surface area contributed by atoms with Crippen LogP contribution in [0.5, 0.6) is 0 Å². The van der Waals surface area contributed by atoms with Crippen LogP contribution in [0.2, 0.25) is 0 Å². The second-order valence-corrected chi connectivity index (χ2v) is 4.76. The van der Waals surface area contributed by atoms with Crippen molar-refractivity contribution in [1.29, 1.82) is 0 Å². The fraction of sp³-hybridized carbons (Fsp3) is 0.533. The molecule has 0 spiro atoms. The Bertz CT molecular complexity index is 395. The van der Waals surface area contributed by atoms with E-state index in [1.54, 1.807) is 0 Å². The van der Waals surface area contributed by atoms with Crippen molar-refractivity contribution in [2.45, 2.75) is 38.9 Å². The maximum atomic E-state index is 12.1. The van der Waals surface area contributed by atoms with Gasteiger partial charge in [0.25, 0.3) is 0 Å². The molecule has 0 aliphatic carbocycles. The summed E-state index contributed by atoms with van der Waals surface area (Å²) in [6.07, 6.45) is 1.63. The number of hydrogen-bond donors (Lipinski definition) is 0. The number of carbonyl (C=O) groups is 1. The van der Waals surface area contributed by atoms with Crippen LogP contribution in [-0.2, 0) is 20.9 Å². The van der Waals surface area contributed by atoms with Crippen molar-refractivity contribution in [1.82, 2.24) is 0 Å². The zero-order chi connectivity index (χ0) is 13.0. The zero-order valence-corrected chi connectivity index (χ0v) is 11.0. The summed E-state index contributed by atoms with van der Waals surface area (Å²) in [5.74, 6) is -0.271. The molecule has 0 amide bonds. The van der Waals surface area contributed by atoms with E-state index in [1.807, 2.05) is 37.3 Å². The Morgan fingerprint density at radius 2 is 2.06 bits per heavy atom. The summed E-state index contributed by atoms with van der Waals surface area (Å²) < 4.78 is 10.9. The number of hydrogen-bond acceptors (Lipinski definition) is 3. The van der Waals surface area contributed by atoms with Crippen LogP contribution in [0.3, 0.4) is 0 Å². The summed E-state index contributed by atoms with van der Waals surface area (Å²) in [7, 11) is 0. The summed E-state index contributed by atoms with van der Waals surface area (Å²) in [5.41, 5.74) is 0.769. The second kappa shape index (κ2) is 5.53. The molecule has 1 aliphatic rings. The predicted octanol–water partition coefficient (Wildman–Crippen LogP) is 2.94. The van der Waals surface area contributed by atoms with Gasteiger partial charge in [0.15, 0.2) is 0 Å². The van der Waals surface area contributed by atoms with Crippen LogP contribution >= 0.6 is 0 Å². The van der Waals surface area contributed by atoms with Crippen molar-refractivity contribution < 1.29 is 14.3 Å². The van der Waals surface area contributed by atoms with E-state index in [-0.39, 0.29) is 17.5 Å². The standard InChI is InChI=1S/C15H20O3/c1-3-13(15(4-2)11-18-15)14(16)17-10-12-8-6-5-7-9-12/h5-9,13H,3-4,10-11H2,1-2H3. The Hall–Kier alpha value is -1.35. The topological polar surface area (TPSA) is 38.8 Å². The highest BCUT2D eigenvalue weighted by Crippen LogP contribution is 2.40. The molecule has 1 heterocycles. The van der Waals surface area contributed by atoms with Crippen LogP contribution in [0.25, 0.3) is 0 Å². The summed E-state index contributed by atoms with van der Waals surface area (Å²) in [6.45, 7) is 5.09. The molecule has 3 nitrogen and oxygen atoms in total. The molecule has 2 unspecified atom stereocenters. The van der Waals surface area contributed by atoms with Crippen molar-refractivity contribution in [3.05, 3.63) is 35.9 Å². The minimum Gasteiger partial charge on any atom is -0.461 e. The highest BCUT2D eigenvalue weighted by atomic mass is 16.6. The SMILES string of the molecule is CCC(C(=O)OCc1ccccc1)C1(CC)CO1. The fourth-order valence-corrected chi connectivity index (χ4v) is 2.33. The van der Waals surface area contributed by atoms with Gasteiger partial charge in [-0.2, -0.15) is 0 Å². The Labute approximate surface area is 108 Å². The minimum absolute atomic E-state index is 0.133. The van der Waals surface area contributed by atoms with Crippen LogP contribution < -0.4 is 0 Å². The van der Waals surface area contributed by atoms with E-state index >= 15 is 0 Å². The van der Waals surface area contributed by atoms with Gasteiger partial charge in [0.05, 0.1) is 12.5 Å². The number of benzene rings is 1. The molecule has 1 aromatic rings. The Morgan fingerprint density at radius 3 is 2.56 bits per heavy atom. The second-order valence-electron chi connectivity index (χ2n) is 4.76. The first kappa shape index (κ1) is 13.1. The van der Waals surface area contributed by atoms with Gasteiger partial charge in [0.1, 0.15) is 12.2 Å². The first-order chi connectivity index (χ1) is 8.72. The molecule has 1 fully saturated rings. The fourth-order valence-electron chi connectivity index (χ4n) is 2.33. The highest BCUT2D eigenvalue weighted by Gasteiger charge is 2.52. The van der Waals surface area contributed by atoms with Gasteiger partial charge in [0.2, 0.25) is 0 Å². The van der Waals surface area contributed by atoms with Gasteiger partial charge in [-0.1, -0.05) is 44.2 Å². The lowest BCUT2D eigenvalue weighted by Crippen LogP contribution is -2.32. The normalized spacial score (nSPS) is 23.4. The van der Waals surface area contributed by atoms with Crippen LogP contribution in [0, 0.1) is 5.92 Å². The first-order valence-electron chi connectivity index (χ1n) is 6.56. The maximum Gasteiger partial charge on any atom is 0.312 e. The quantitative estimate of drug-likeness (QED) is 0.574. The molecule has 0 saturated carbocycles. The molecule has 2 atom stereocenters. The van der Waals surface area contributed by atoms with E-state index in [0.29, 0.717) is 13.2 Å². The largest absolute Gasteiger partial charge is 0.461 e. The van der Waals surface area contributed by atoms with E-state index < -0.39 is 0 Å². The average molecular weight is 248 g/mol. The van der Waals surface area contributed by atoms with Gasteiger partial charge in [-0.15, -0.1) is 0 Å². The molecule has 1 saturated heterocycles. The molecule has 0 N–H and O–H groups in total. The molecule has 3 heteroatoms. The molecule has 2 rings (SSSR count). The molecule has 0 radical (unpaired) electrons. The Morgan fingerprint density at radius 1 is 1.39 bits per heavy atom. The number of carbonyl (C=O) groups excluding carboxylic acids is 1. The van der Waals surface area contributed by atoms with Crippen molar-refractivity contribution in [2.24, 2.45) is 5.92 Å². The number of ether oxygens (including phenoxy) is 2.